The molecule has 0 bridgehead atoms. The molecule has 0 atom stereocenters. The van der Waals surface area contributed by atoms with Crippen molar-refractivity contribution < 1.29 is 4.79 Å². The van der Waals surface area contributed by atoms with Crippen molar-refractivity contribution in [2.24, 2.45) is 5.92 Å². The van der Waals surface area contributed by atoms with E-state index in [0.717, 1.165) is 19.0 Å². The molecule has 2 fully saturated rings. The van der Waals surface area contributed by atoms with E-state index in [0.29, 0.717) is 18.5 Å². The van der Waals surface area contributed by atoms with E-state index in [2.05, 4.69) is 29.2 Å². The number of nitrogens with zero attached hydrogens (tertiary/aromatic N) is 2. The third-order valence-corrected chi connectivity index (χ3v) is 4.01. The fourth-order valence-corrected chi connectivity index (χ4v) is 3.16. The summed E-state index contributed by atoms with van der Waals surface area (Å²) in [6, 6.07) is 0.517. The Bertz CT molecular complexity index is 259. The Morgan fingerprint density at radius 1 is 1.29 bits per heavy atom. The van der Waals surface area contributed by atoms with Gasteiger partial charge < -0.3 is 15.1 Å². The van der Waals surface area contributed by atoms with Gasteiger partial charge in [0.1, 0.15) is 0 Å². The summed E-state index contributed by atoms with van der Waals surface area (Å²) >= 11 is 0. The average Bonchev–Trinajstić information content (AvgIpc) is 2.30. The van der Waals surface area contributed by atoms with Crippen molar-refractivity contribution in [3.63, 3.8) is 0 Å². The van der Waals surface area contributed by atoms with Crippen molar-refractivity contribution in [2.75, 3.05) is 40.3 Å². The minimum Gasteiger partial charge on any atom is -0.337 e. The van der Waals surface area contributed by atoms with Crippen LogP contribution in [0.2, 0.25) is 0 Å². The third-order valence-electron chi connectivity index (χ3n) is 4.01. The average molecular weight is 239 g/mol. The number of hydrogen-bond donors (Lipinski definition) is 1. The number of piperazine rings is 1. The molecule has 1 saturated heterocycles. The summed E-state index contributed by atoms with van der Waals surface area (Å²) in [6.45, 7) is 3.60. The highest BCUT2D eigenvalue weighted by Gasteiger charge is 2.29. The molecular weight excluding hydrogens is 214 g/mol. The molecule has 2 aliphatic rings. The van der Waals surface area contributed by atoms with Gasteiger partial charge in [0.2, 0.25) is 5.91 Å². The first-order valence-electron chi connectivity index (χ1n) is 6.81. The molecule has 0 radical (unpaired) electrons. The van der Waals surface area contributed by atoms with Crippen LogP contribution in [0.4, 0.5) is 0 Å². The van der Waals surface area contributed by atoms with Crippen LogP contribution in [0.5, 0.6) is 0 Å². The van der Waals surface area contributed by atoms with Gasteiger partial charge >= 0.3 is 0 Å². The molecule has 1 aliphatic heterocycles. The summed E-state index contributed by atoms with van der Waals surface area (Å²) in [5.74, 6) is 1.13. The predicted molar refractivity (Wildman–Crippen MR) is 68.9 cm³/mol. The van der Waals surface area contributed by atoms with Crippen molar-refractivity contribution in [2.45, 2.75) is 31.7 Å². The Balaban J connectivity index is 1.80. The van der Waals surface area contributed by atoms with Gasteiger partial charge in [-0.3, -0.25) is 4.79 Å². The maximum atomic E-state index is 11.8. The lowest BCUT2D eigenvalue weighted by Gasteiger charge is -2.39. The fourth-order valence-electron chi connectivity index (χ4n) is 3.16. The van der Waals surface area contributed by atoms with Gasteiger partial charge in [-0.05, 0) is 45.7 Å². The molecular formula is C13H25N3O. The number of hydrogen-bond acceptors (Lipinski definition) is 3. The first-order chi connectivity index (χ1) is 8.16. The van der Waals surface area contributed by atoms with E-state index in [1.54, 1.807) is 0 Å². The fraction of sp³-hybridized carbons (Fsp3) is 0.923. The molecule has 1 saturated carbocycles. The standard InChI is InChI=1S/C13H25N3O/c1-15(2)10-11-3-5-12(6-4-11)16-8-7-14-9-13(16)17/h11-12,14H,3-10H2,1-2H3. The van der Waals surface area contributed by atoms with Crippen LogP contribution >= 0.6 is 0 Å². The van der Waals surface area contributed by atoms with Crippen molar-refractivity contribution in [3.8, 4) is 0 Å². The summed E-state index contributed by atoms with van der Waals surface area (Å²) in [5.41, 5.74) is 0. The highest BCUT2D eigenvalue weighted by molar-refractivity contribution is 5.79. The molecule has 0 unspecified atom stereocenters. The minimum absolute atomic E-state index is 0.298. The number of carbonyl (C=O) groups excluding carboxylic acids is 1. The maximum Gasteiger partial charge on any atom is 0.236 e. The van der Waals surface area contributed by atoms with Gasteiger partial charge in [-0.15, -0.1) is 0 Å². The van der Waals surface area contributed by atoms with Crippen LogP contribution < -0.4 is 5.32 Å². The van der Waals surface area contributed by atoms with Crippen molar-refractivity contribution in [3.05, 3.63) is 0 Å². The Labute approximate surface area is 104 Å². The van der Waals surface area contributed by atoms with Gasteiger partial charge in [0.25, 0.3) is 0 Å². The van der Waals surface area contributed by atoms with Gasteiger partial charge in [-0.1, -0.05) is 0 Å². The van der Waals surface area contributed by atoms with Crippen LogP contribution in [-0.4, -0.2) is 62.0 Å². The van der Waals surface area contributed by atoms with E-state index in [4.69, 9.17) is 0 Å². The van der Waals surface area contributed by atoms with Crippen LogP contribution in [0.15, 0.2) is 0 Å². The minimum atomic E-state index is 0.298. The lowest BCUT2D eigenvalue weighted by Crippen LogP contribution is -2.53. The molecule has 17 heavy (non-hydrogen) atoms. The second-order valence-corrected chi connectivity index (χ2v) is 5.70. The molecule has 0 spiro atoms. The Morgan fingerprint density at radius 2 is 2.00 bits per heavy atom. The van der Waals surface area contributed by atoms with Crippen molar-refractivity contribution in [1.82, 2.24) is 15.1 Å². The molecule has 4 nitrogen and oxygen atoms in total. The zero-order valence-electron chi connectivity index (χ0n) is 11.1. The van der Waals surface area contributed by atoms with Crippen LogP contribution in [0, 0.1) is 5.92 Å². The monoisotopic (exact) mass is 239 g/mol. The van der Waals surface area contributed by atoms with Gasteiger partial charge in [0.15, 0.2) is 0 Å². The second-order valence-electron chi connectivity index (χ2n) is 5.70. The number of nitrogens with one attached hydrogen (secondary N) is 1. The van der Waals surface area contributed by atoms with Gasteiger partial charge in [0.05, 0.1) is 6.54 Å². The van der Waals surface area contributed by atoms with Crippen LogP contribution in [0.1, 0.15) is 25.7 Å². The van der Waals surface area contributed by atoms with E-state index in [-0.39, 0.29) is 0 Å². The highest BCUT2D eigenvalue weighted by Crippen LogP contribution is 2.28. The number of amides is 1. The lowest BCUT2D eigenvalue weighted by atomic mass is 9.85. The highest BCUT2D eigenvalue weighted by atomic mass is 16.2. The van der Waals surface area contributed by atoms with Crippen molar-refractivity contribution in [1.29, 1.82) is 0 Å². The predicted octanol–water partition coefficient (Wildman–Crippen LogP) is 0.539. The molecule has 0 aromatic heterocycles. The molecule has 1 heterocycles. The van der Waals surface area contributed by atoms with Crippen LogP contribution in [-0.2, 0) is 4.79 Å². The quantitative estimate of drug-likeness (QED) is 0.781. The summed E-state index contributed by atoms with van der Waals surface area (Å²) in [7, 11) is 4.29. The zero-order chi connectivity index (χ0) is 12.3. The molecule has 1 N–H and O–H groups in total. The number of rotatable bonds is 3. The van der Waals surface area contributed by atoms with Crippen molar-refractivity contribution >= 4 is 5.91 Å². The molecule has 0 aromatic rings. The molecule has 4 heteroatoms. The summed E-state index contributed by atoms with van der Waals surface area (Å²) < 4.78 is 0. The molecule has 2 rings (SSSR count). The van der Waals surface area contributed by atoms with E-state index in [1.165, 1.54) is 32.2 Å². The Hall–Kier alpha value is -0.610. The van der Waals surface area contributed by atoms with Gasteiger partial charge in [0, 0.05) is 25.7 Å². The van der Waals surface area contributed by atoms with E-state index in [1.807, 2.05) is 0 Å². The Kier molecular flexibility index (Phi) is 4.40. The first kappa shape index (κ1) is 12.8. The lowest BCUT2D eigenvalue weighted by molar-refractivity contribution is -0.135. The summed E-state index contributed by atoms with van der Waals surface area (Å²) in [6.07, 6.45) is 4.95. The molecule has 1 amide bonds. The van der Waals surface area contributed by atoms with Crippen LogP contribution in [0.3, 0.4) is 0 Å². The largest absolute Gasteiger partial charge is 0.337 e. The topological polar surface area (TPSA) is 35.6 Å². The smallest absolute Gasteiger partial charge is 0.236 e. The summed E-state index contributed by atoms with van der Waals surface area (Å²) in [5, 5.41) is 3.14. The molecule has 1 aliphatic carbocycles. The maximum absolute atomic E-state index is 11.8. The van der Waals surface area contributed by atoms with E-state index >= 15 is 0 Å². The number of carbonyl (C=O) groups is 1. The first-order valence-corrected chi connectivity index (χ1v) is 6.81. The molecule has 98 valence electrons. The van der Waals surface area contributed by atoms with Crippen LogP contribution in [0.25, 0.3) is 0 Å². The Morgan fingerprint density at radius 3 is 2.59 bits per heavy atom. The second kappa shape index (κ2) is 5.83. The summed E-state index contributed by atoms with van der Waals surface area (Å²) in [4.78, 5) is 16.2. The van der Waals surface area contributed by atoms with Gasteiger partial charge in [-0.25, -0.2) is 0 Å². The third kappa shape index (κ3) is 3.42. The normalized spacial score (nSPS) is 31.0. The van der Waals surface area contributed by atoms with Gasteiger partial charge in [-0.2, -0.15) is 0 Å². The zero-order valence-corrected chi connectivity index (χ0v) is 11.1. The van der Waals surface area contributed by atoms with E-state index in [9.17, 15) is 4.79 Å². The molecule has 0 aromatic carbocycles. The van der Waals surface area contributed by atoms with E-state index < -0.39 is 0 Å². The SMILES string of the molecule is CN(C)CC1CCC(N2CCNCC2=O)CC1.